The average Bonchev–Trinajstić information content (AvgIpc) is 2.69. The van der Waals surface area contributed by atoms with E-state index in [1.165, 1.54) is 0 Å². The maximum Gasteiger partial charge on any atom is 0.244 e. The molecule has 0 unspecified atom stereocenters. The van der Waals surface area contributed by atoms with Crippen LogP contribution in [-0.4, -0.2) is 49.3 Å². The molecule has 8 heteroatoms. The first-order valence-electron chi connectivity index (χ1n) is 6.88. The van der Waals surface area contributed by atoms with Gasteiger partial charge in [-0.1, -0.05) is 0 Å². The van der Waals surface area contributed by atoms with Gasteiger partial charge in [-0.05, 0) is 41.0 Å². The number of nitrogens with one attached hydrogen (secondary N) is 2. The third-order valence-corrected chi connectivity index (χ3v) is 6.30. The molecule has 21 heavy (non-hydrogen) atoms. The summed E-state index contributed by atoms with van der Waals surface area (Å²) in [6, 6.07) is 0. The Morgan fingerprint density at radius 3 is 2.48 bits per heavy atom. The quantitative estimate of drug-likeness (QED) is 0.745. The van der Waals surface area contributed by atoms with Crippen LogP contribution in [0.1, 0.15) is 25.2 Å². The van der Waals surface area contributed by atoms with Gasteiger partial charge >= 0.3 is 0 Å². The highest BCUT2D eigenvalue weighted by Crippen LogP contribution is 2.23. The maximum atomic E-state index is 12.5. The van der Waals surface area contributed by atoms with Gasteiger partial charge in [0.2, 0.25) is 10.0 Å². The normalized spacial score (nSPS) is 12.9. The molecule has 0 aliphatic rings. The highest BCUT2D eigenvalue weighted by molar-refractivity contribution is 8.00. The lowest BCUT2D eigenvalue weighted by atomic mass is 10.2. The molecule has 1 aromatic rings. The van der Waals surface area contributed by atoms with E-state index in [0.717, 1.165) is 6.54 Å². The van der Waals surface area contributed by atoms with Crippen LogP contribution in [0.3, 0.4) is 0 Å². The Morgan fingerprint density at radius 1 is 1.33 bits per heavy atom. The summed E-state index contributed by atoms with van der Waals surface area (Å²) in [6.45, 7) is 9.33. The Kier molecular flexibility index (Phi) is 6.27. The van der Waals surface area contributed by atoms with Crippen molar-refractivity contribution < 1.29 is 8.42 Å². The molecule has 0 aliphatic carbocycles. The van der Waals surface area contributed by atoms with Gasteiger partial charge in [-0.15, -0.1) is 0 Å². The molecule has 0 bridgehead atoms. The Labute approximate surface area is 132 Å². The molecule has 0 saturated heterocycles. The summed E-state index contributed by atoms with van der Waals surface area (Å²) in [6.07, 6.45) is 1.97. The van der Waals surface area contributed by atoms with Crippen molar-refractivity contribution in [3.63, 3.8) is 0 Å². The van der Waals surface area contributed by atoms with E-state index in [9.17, 15) is 8.42 Å². The number of aryl methyl sites for hydroxylation is 1. The predicted molar refractivity (Wildman–Crippen MR) is 88.4 cm³/mol. The van der Waals surface area contributed by atoms with Crippen molar-refractivity contribution in [2.24, 2.45) is 0 Å². The van der Waals surface area contributed by atoms with E-state index in [-0.39, 0.29) is 4.75 Å². The van der Waals surface area contributed by atoms with Crippen molar-refractivity contribution >= 4 is 21.8 Å². The zero-order valence-electron chi connectivity index (χ0n) is 13.6. The summed E-state index contributed by atoms with van der Waals surface area (Å²) in [7, 11) is -1.68. The number of rotatable bonds is 8. The van der Waals surface area contributed by atoms with Gasteiger partial charge in [-0.2, -0.15) is 16.9 Å². The molecule has 0 aromatic carbocycles. The molecular formula is C13H26N4O2S2. The molecule has 1 aromatic heterocycles. The molecule has 0 radical (unpaired) electrons. The number of sulfonamides is 1. The lowest BCUT2D eigenvalue weighted by Gasteiger charge is -2.22. The molecule has 1 heterocycles. The molecule has 6 nitrogen and oxygen atoms in total. The van der Waals surface area contributed by atoms with Crippen molar-refractivity contribution in [3.05, 3.63) is 11.4 Å². The monoisotopic (exact) mass is 334 g/mol. The third-order valence-electron chi connectivity index (χ3n) is 3.40. The van der Waals surface area contributed by atoms with E-state index >= 15 is 0 Å². The lowest BCUT2D eigenvalue weighted by Crippen LogP contribution is -2.36. The minimum Gasteiger partial charge on any atom is -0.318 e. The van der Waals surface area contributed by atoms with Gasteiger partial charge in [0, 0.05) is 17.8 Å². The van der Waals surface area contributed by atoms with Crippen LogP contribution in [0.15, 0.2) is 4.90 Å². The zero-order valence-corrected chi connectivity index (χ0v) is 15.3. The molecule has 122 valence electrons. The standard InChI is InChI=1S/C13H26N4O2S2/c1-10-12(11(2)17(16-10)8-7-14-5)21(18,19)15-9-13(3,4)20-6/h14-15H,7-9H2,1-6H3. The second kappa shape index (κ2) is 7.13. The molecule has 0 saturated carbocycles. The molecular weight excluding hydrogens is 308 g/mol. The minimum absolute atomic E-state index is 0.142. The first kappa shape index (κ1) is 18.5. The summed E-state index contributed by atoms with van der Waals surface area (Å²) in [4.78, 5) is 0.301. The summed E-state index contributed by atoms with van der Waals surface area (Å²) in [5, 5.41) is 7.37. The lowest BCUT2D eigenvalue weighted by molar-refractivity contribution is 0.561. The largest absolute Gasteiger partial charge is 0.318 e. The Balaban J connectivity index is 3.01. The smallest absolute Gasteiger partial charge is 0.244 e. The number of thioether (sulfide) groups is 1. The van der Waals surface area contributed by atoms with Crippen LogP contribution in [0.25, 0.3) is 0 Å². The topological polar surface area (TPSA) is 76.0 Å². The van der Waals surface area contributed by atoms with Crippen LogP contribution in [-0.2, 0) is 16.6 Å². The van der Waals surface area contributed by atoms with E-state index in [0.29, 0.717) is 29.4 Å². The number of nitrogens with zero attached hydrogens (tertiary/aromatic N) is 2. The Bertz CT molecular complexity index is 579. The van der Waals surface area contributed by atoms with Gasteiger partial charge < -0.3 is 5.32 Å². The average molecular weight is 335 g/mol. The predicted octanol–water partition coefficient (Wildman–Crippen LogP) is 1.14. The fraction of sp³-hybridized carbons (Fsp3) is 0.769. The highest BCUT2D eigenvalue weighted by atomic mass is 32.2. The summed E-state index contributed by atoms with van der Waals surface area (Å²) in [5.41, 5.74) is 1.22. The van der Waals surface area contributed by atoms with Crippen molar-refractivity contribution in [3.8, 4) is 0 Å². The number of likely N-dealkylation sites (N-methyl/N-ethyl adjacent to an activating group) is 1. The van der Waals surface area contributed by atoms with E-state index in [1.54, 1.807) is 30.3 Å². The first-order valence-corrected chi connectivity index (χ1v) is 9.59. The van der Waals surface area contributed by atoms with Crippen LogP contribution in [0, 0.1) is 13.8 Å². The van der Waals surface area contributed by atoms with Crippen molar-refractivity contribution in [2.75, 3.05) is 26.4 Å². The SMILES string of the molecule is CNCCn1nc(C)c(S(=O)(=O)NCC(C)(C)SC)c1C. The second-order valence-electron chi connectivity index (χ2n) is 5.62. The summed E-state index contributed by atoms with van der Waals surface area (Å²) in [5.74, 6) is 0. The van der Waals surface area contributed by atoms with Crippen molar-refractivity contribution in [2.45, 2.75) is 43.9 Å². The van der Waals surface area contributed by atoms with Crippen LogP contribution < -0.4 is 10.0 Å². The molecule has 0 spiro atoms. The second-order valence-corrected chi connectivity index (χ2v) is 8.83. The maximum absolute atomic E-state index is 12.5. The third kappa shape index (κ3) is 4.70. The van der Waals surface area contributed by atoms with Gasteiger partial charge in [-0.3, -0.25) is 4.68 Å². The van der Waals surface area contributed by atoms with Crippen molar-refractivity contribution in [1.82, 2.24) is 19.8 Å². The van der Waals surface area contributed by atoms with E-state index < -0.39 is 10.0 Å². The molecule has 0 fully saturated rings. The van der Waals surface area contributed by atoms with Crippen LogP contribution in [0.4, 0.5) is 0 Å². The number of hydrogen-bond donors (Lipinski definition) is 2. The van der Waals surface area contributed by atoms with Crippen LogP contribution >= 0.6 is 11.8 Å². The van der Waals surface area contributed by atoms with E-state index in [4.69, 9.17) is 0 Å². The summed E-state index contributed by atoms with van der Waals surface area (Å²) >= 11 is 1.63. The Hall–Kier alpha value is -0.570. The van der Waals surface area contributed by atoms with Gasteiger partial charge in [0.15, 0.2) is 0 Å². The molecule has 1 rings (SSSR count). The van der Waals surface area contributed by atoms with Gasteiger partial charge in [-0.25, -0.2) is 13.1 Å². The first-order chi connectivity index (χ1) is 9.64. The number of aromatic nitrogens is 2. The highest BCUT2D eigenvalue weighted by Gasteiger charge is 2.27. The molecule has 0 atom stereocenters. The molecule has 2 N–H and O–H groups in total. The minimum atomic E-state index is -3.54. The van der Waals surface area contributed by atoms with E-state index in [2.05, 4.69) is 15.1 Å². The van der Waals surface area contributed by atoms with Crippen molar-refractivity contribution in [1.29, 1.82) is 0 Å². The fourth-order valence-electron chi connectivity index (χ4n) is 1.92. The zero-order chi connectivity index (χ0) is 16.3. The van der Waals surface area contributed by atoms with Crippen LogP contribution in [0.2, 0.25) is 0 Å². The fourth-order valence-corrected chi connectivity index (χ4v) is 3.85. The van der Waals surface area contributed by atoms with Gasteiger partial charge in [0.25, 0.3) is 0 Å². The van der Waals surface area contributed by atoms with Gasteiger partial charge in [0.05, 0.1) is 17.9 Å². The summed E-state index contributed by atoms with van der Waals surface area (Å²) < 4.78 is 29.4. The van der Waals surface area contributed by atoms with Crippen LogP contribution in [0.5, 0.6) is 0 Å². The van der Waals surface area contributed by atoms with E-state index in [1.807, 2.05) is 27.2 Å². The van der Waals surface area contributed by atoms with Gasteiger partial charge in [0.1, 0.15) is 4.90 Å². The number of hydrogen-bond acceptors (Lipinski definition) is 5. The molecule has 0 aliphatic heterocycles. The Morgan fingerprint density at radius 2 is 1.95 bits per heavy atom. The molecule has 0 amide bonds.